The van der Waals surface area contributed by atoms with Gasteiger partial charge in [-0.1, -0.05) is 23.7 Å². The molecule has 0 aliphatic heterocycles. The number of halogens is 5. The fourth-order valence-corrected chi connectivity index (χ4v) is 1.34. The minimum absolute atomic E-state index is 0. The SMILES string of the molecule is Cl.N[C@@H](Cc1ccc(Cl)cc1)C(=O)OCC(F)(F)F. The van der Waals surface area contributed by atoms with Gasteiger partial charge in [0.05, 0.1) is 0 Å². The van der Waals surface area contributed by atoms with Gasteiger partial charge in [-0.3, -0.25) is 4.79 Å². The third-order valence-corrected chi connectivity index (χ3v) is 2.30. The van der Waals surface area contributed by atoms with E-state index < -0.39 is 24.8 Å². The molecule has 8 heteroatoms. The molecule has 1 aromatic rings. The van der Waals surface area contributed by atoms with Gasteiger partial charge >= 0.3 is 12.1 Å². The Bertz CT molecular complexity index is 409. The van der Waals surface area contributed by atoms with Crippen LogP contribution in [0.1, 0.15) is 5.56 Å². The van der Waals surface area contributed by atoms with E-state index in [9.17, 15) is 18.0 Å². The number of ether oxygens (including phenoxy) is 1. The van der Waals surface area contributed by atoms with E-state index in [1.54, 1.807) is 24.3 Å². The van der Waals surface area contributed by atoms with Gasteiger partial charge in [0, 0.05) is 5.02 Å². The molecule has 0 aromatic heterocycles. The lowest BCUT2D eigenvalue weighted by Crippen LogP contribution is -2.36. The summed E-state index contributed by atoms with van der Waals surface area (Å²) in [6.07, 6.45) is -4.45. The van der Waals surface area contributed by atoms with E-state index in [1.807, 2.05) is 0 Å². The van der Waals surface area contributed by atoms with E-state index >= 15 is 0 Å². The fourth-order valence-electron chi connectivity index (χ4n) is 1.22. The molecule has 0 fully saturated rings. The van der Waals surface area contributed by atoms with E-state index in [4.69, 9.17) is 17.3 Å². The molecule has 1 atom stereocenters. The second-order valence-electron chi connectivity index (χ2n) is 3.66. The van der Waals surface area contributed by atoms with E-state index in [2.05, 4.69) is 4.74 Å². The summed E-state index contributed by atoms with van der Waals surface area (Å²) in [6.45, 7) is -1.62. The predicted octanol–water partition coefficient (Wildman–Crippen LogP) is 2.74. The monoisotopic (exact) mass is 317 g/mol. The van der Waals surface area contributed by atoms with Crippen LogP contribution in [0.3, 0.4) is 0 Å². The minimum atomic E-state index is -4.55. The van der Waals surface area contributed by atoms with Crippen molar-refractivity contribution in [2.24, 2.45) is 5.73 Å². The largest absolute Gasteiger partial charge is 0.455 e. The number of nitrogens with two attached hydrogens (primary N) is 1. The van der Waals surface area contributed by atoms with Gasteiger partial charge in [-0.2, -0.15) is 13.2 Å². The maximum atomic E-state index is 11.8. The van der Waals surface area contributed by atoms with E-state index in [1.165, 1.54) is 0 Å². The van der Waals surface area contributed by atoms with Crippen molar-refractivity contribution in [2.75, 3.05) is 6.61 Å². The van der Waals surface area contributed by atoms with Gasteiger partial charge in [-0.15, -0.1) is 12.4 Å². The molecule has 0 amide bonds. The van der Waals surface area contributed by atoms with Gasteiger partial charge < -0.3 is 10.5 Å². The van der Waals surface area contributed by atoms with Crippen molar-refractivity contribution in [1.29, 1.82) is 0 Å². The van der Waals surface area contributed by atoms with Gasteiger partial charge in [0.2, 0.25) is 0 Å². The molecule has 0 heterocycles. The molecule has 2 N–H and O–H groups in total. The smallest absolute Gasteiger partial charge is 0.422 e. The van der Waals surface area contributed by atoms with Gasteiger partial charge in [0.15, 0.2) is 6.61 Å². The number of carbonyl (C=O) groups is 1. The Hall–Kier alpha value is -0.980. The molecule has 0 saturated carbocycles. The summed E-state index contributed by atoms with van der Waals surface area (Å²) in [5, 5.41) is 0.520. The van der Waals surface area contributed by atoms with Crippen LogP contribution < -0.4 is 5.73 Å². The maximum absolute atomic E-state index is 11.8. The highest BCUT2D eigenvalue weighted by Crippen LogP contribution is 2.15. The first-order valence-corrected chi connectivity index (χ1v) is 5.39. The summed E-state index contributed by atoms with van der Waals surface area (Å²) in [5.41, 5.74) is 6.13. The zero-order chi connectivity index (χ0) is 13.8. The third kappa shape index (κ3) is 7.25. The highest BCUT2D eigenvalue weighted by Gasteiger charge is 2.30. The fraction of sp³-hybridized carbons (Fsp3) is 0.364. The van der Waals surface area contributed by atoms with Crippen LogP contribution in [0.25, 0.3) is 0 Å². The standard InChI is InChI=1S/C11H11ClF3NO2.ClH/c12-8-3-1-7(2-4-8)5-9(16)10(17)18-6-11(13,14)15;/h1-4,9H,5-6,16H2;1H/t9-;/m0./s1. The first-order chi connectivity index (χ1) is 8.28. The van der Waals surface area contributed by atoms with Crippen molar-refractivity contribution < 1.29 is 22.7 Å². The Balaban J connectivity index is 0.00000324. The van der Waals surface area contributed by atoms with Gasteiger partial charge in [0.1, 0.15) is 6.04 Å². The summed E-state index contributed by atoms with van der Waals surface area (Å²) < 4.78 is 39.5. The van der Waals surface area contributed by atoms with Crippen LogP contribution in [0.2, 0.25) is 5.02 Å². The molecule has 1 rings (SSSR count). The molecule has 108 valence electrons. The molecule has 1 aromatic carbocycles. The molecule has 3 nitrogen and oxygen atoms in total. The number of hydrogen-bond donors (Lipinski definition) is 1. The van der Waals surface area contributed by atoms with Crippen LogP contribution in [0.5, 0.6) is 0 Å². The molecule has 0 unspecified atom stereocenters. The van der Waals surface area contributed by atoms with Crippen molar-refractivity contribution in [3.05, 3.63) is 34.9 Å². The van der Waals surface area contributed by atoms with E-state index in [0.717, 1.165) is 0 Å². The molecule has 0 aliphatic rings. The molecular weight excluding hydrogens is 306 g/mol. The molecule has 0 bridgehead atoms. The third-order valence-electron chi connectivity index (χ3n) is 2.05. The first kappa shape index (κ1) is 18.0. The van der Waals surface area contributed by atoms with Crippen LogP contribution >= 0.6 is 24.0 Å². The number of hydrogen-bond acceptors (Lipinski definition) is 3. The van der Waals surface area contributed by atoms with Gasteiger partial charge in [0.25, 0.3) is 0 Å². The number of carbonyl (C=O) groups excluding carboxylic acids is 1. The Morgan fingerprint density at radius 2 is 1.84 bits per heavy atom. The van der Waals surface area contributed by atoms with Crippen molar-refractivity contribution in [2.45, 2.75) is 18.6 Å². The van der Waals surface area contributed by atoms with Crippen molar-refractivity contribution in [3.63, 3.8) is 0 Å². The topological polar surface area (TPSA) is 52.3 Å². The zero-order valence-electron chi connectivity index (χ0n) is 9.61. The predicted molar refractivity (Wildman–Crippen MR) is 67.4 cm³/mol. The van der Waals surface area contributed by atoms with Crippen LogP contribution in [0, 0.1) is 0 Å². The van der Waals surface area contributed by atoms with E-state index in [0.29, 0.717) is 10.6 Å². The normalized spacial score (nSPS) is 12.5. The average molecular weight is 318 g/mol. The quantitative estimate of drug-likeness (QED) is 0.869. The molecule has 0 saturated heterocycles. The second-order valence-corrected chi connectivity index (χ2v) is 4.10. The summed E-state index contributed by atoms with van der Waals surface area (Å²) in [7, 11) is 0. The summed E-state index contributed by atoms with van der Waals surface area (Å²) in [6, 6.07) is 5.35. The molecular formula is C11H12Cl2F3NO2. The van der Waals surface area contributed by atoms with Crippen LogP contribution in [0.15, 0.2) is 24.3 Å². The lowest BCUT2D eigenvalue weighted by atomic mass is 10.1. The lowest BCUT2D eigenvalue weighted by molar-refractivity contribution is -0.187. The summed E-state index contributed by atoms with van der Waals surface area (Å²) in [5.74, 6) is -1.08. The molecule has 0 radical (unpaired) electrons. The minimum Gasteiger partial charge on any atom is -0.455 e. The molecule has 0 aliphatic carbocycles. The average Bonchev–Trinajstić information content (AvgIpc) is 2.28. The van der Waals surface area contributed by atoms with Crippen molar-refractivity contribution in [3.8, 4) is 0 Å². The Kier molecular flexibility index (Phi) is 7.18. The number of benzene rings is 1. The summed E-state index contributed by atoms with van der Waals surface area (Å²) in [4.78, 5) is 11.2. The molecule has 19 heavy (non-hydrogen) atoms. The van der Waals surface area contributed by atoms with Gasteiger partial charge in [-0.05, 0) is 24.1 Å². The maximum Gasteiger partial charge on any atom is 0.422 e. The number of rotatable bonds is 4. The zero-order valence-corrected chi connectivity index (χ0v) is 11.2. The highest BCUT2D eigenvalue weighted by molar-refractivity contribution is 6.30. The summed E-state index contributed by atoms with van der Waals surface area (Å²) >= 11 is 5.66. The van der Waals surface area contributed by atoms with Crippen LogP contribution in [-0.4, -0.2) is 24.8 Å². The van der Waals surface area contributed by atoms with Gasteiger partial charge in [-0.25, -0.2) is 0 Å². The number of alkyl halides is 3. The van der Waals surface area contributed by atoms with Crippen molar-refractivity contribution >= 4 is 30.0 Å². The lowest BCUT2D eigenvalue weighted by Gasteiger charge is -2.12. The Morgan fingerprint density at radius 3 is 2.32 bits per heavy atom. The van der Waals surface area contributed by atoms with E-state index in [-0.39, 0.29) is 18.8 Å². The Labute approximate surface area is 119 Å². The highest BCUT2D eigenvalue weighted by atomic mass is 35.5. The first-order valence-electron chi connectivity index (χ1n) is 5.01. The van der Waals surface area contributed by atoms with Crippen molar-refractivity contribution in [1.82, 2.24) is 0 Å². The Morgan fingerprint density at radius 1 is 1.32 bits per heavy atom. The molecule has 0 spiro atoms. The number of esters is 1. The second kappa shape index (κ2) is 7.57. The van der Waals surface area contributed by atoms with Crippen LogP contribution in [0.4, 0.5) is 13.2 Å². The van der Waals surface area contributed by atoms with Crippen LogP contribution in [-0.2, 0) is 16.0 Å².